The predicted octanol–water partition coefficient (Wildman–Crippen LogP) is 0.764. The summed E-state index contributed by atoms with van der Waals surface area (Å²) in [5.41, 5.74) is 0. The molecule has 0 aliphatic carbocycles. The Balaban J connectivity index is 2.05. The zero-order valence-corrected chi connectivity index (χ0v) is 9.90. The van der Waals surface area contributed by atoms with Crippen LogP contribution in [0.2, 0.25) is 0 Å². The summed E-state index contributed by atoms with van der Waals surface area (Å²) in [7, 11) is 1.37. The van der Waals surface area contributed by atoms with E-state index in [1.165, 1.54) is 7.11 Å². The second kappa shape index (κ2) is 4.00. The van der Waals surface area contributed by atoms with Crippen LogP contribution in [0.1, 0.15) is 6.42 Å². The molecule has 3 atom stereocenters. The monoisotopic (exact) mass is 277 g/mol. The summed E-state index contributed by atoms with van der Waals surface area (Å²) in [6.07, 6.45) is 0.0429. The number of carbonyl (C=O) groups is 2. The Morgan fingerprint density at radius 3 is 3.13 bits per heavy atom. The van der Waals surface area contributed by atoms with Crippen LogP contribution in [0.25, 0.3) is 0 Å². The summed E-state index contributed by atoms with van der Waals surface area (Å²) in [6, 6.07) is 0.0148. The van der Waals surface area contributed by atoms with Gasteiger partial charge in [-0.2, -0.15) is 0 Å². The van der Waals surface area contributed by atoms with Crippen molar-refractivity contribution in [3.63, 3.8) is 0 Å². The van der Waals surface area contributed by atoms with Crippen molar-refractivity contribution in [3.8, 4) is 0 Å². The second-order valence-electron chi connectivity index (χ2n) is 3.76. The van der Waals surface area contributed by atoms with E-state index in [4.69, 9.17) is 4.74 Å². The number of alkyl halides is 1. The first-order chi connectivity index (χ1) is 7.13. The van der Waals surface area contributed by atoms with Gasteiger partial charge in [-0.3, -0.25) is 4.79 Å². The van der Waals surface area contributed by atoms with Gasteiger partial charge in [0.05, 0.1) is 19.6 Å². The Morgan fingerprint density at radius 1 is 1.73 bits per heavy atom. The zero-order chi connectivity index (χ0) is 11.0. The summed E-state index contributed by atoms with van der Waals surface area (Å²) >= 11 is 3.49. The van der Waals surface area contributed by atoms with Crippen molar-refractivity contribution in [2.24, 2.45) is 5.92 Å². The molecule has 2 aliphatic heterocycles. The van der Waals surface area contributed by atoms with E-state index in [1.54, 1.807) is 4.90 Å². The number of ether oxygens (including phenoxy) is 2. The van der Waals surface area contributed by atoms with Crippen molar-refractivity contribution in [2.45, 2.75) is 17.3 Å². The molecule has 2 aliphatic rings. The van der Waals surface area contributed by atoms with E-state index < -0.39 is 0 Å². The molecule has 5 nitrogen and oxygen atoms in total. The average molecular weight is 278 g/mol. The fraction of sp³-hybridized carbons (Fsp3) is 0.778. The molecule has 15 heavy (non-hydrogen) atoms. The summed E-state index contributed by atoms with van der Waals surface area (Å²) < 4.78 is 9.56. The SMILES string of the molecule is COC(=O)C[C@H]1[C@H](Br)CN2C(=O)OC[C@H]12. The van der Waals surface area contributed by atoms with Crippen LogP contribution in [-0.2, 0) is 14.3 Å². The minimum Gasteiger partial charge on any atom is -0.469 e. The first kappa shape index (κ1) is 10.7. The van der Waals surface area contributed by atoms with E-state index in [-0.39, 0.29) is 28.8 Å². The van der Waals surface area contributed by atoms with E-state index in [0.29, 0.717) is 19.6 Å². The number of cyclic esters (lactones) is 1. The summed E-state index contributed by atoms with van der Waals surface area (Å²) in [4.78, 5) is 24.3. The largest absolute Gasteiger partial charge is 0.469 e. The normalized spacial score (nSPS) is 33.9. The Hall–Kier alpha value is -0.780. The highest BCUT2D eigenvalue weighted by molar-refractivity contribution is 9.09. The molecular formula is C9H12BrNO4. The molecule has 1 amide bonds. The lowest BCUT2D eigenvalue weighted by Crippen LogP contribution is -2.31. The number of rotatable bonds is 2. The lowest BCUT2D eigenvalue weighted by molar-refractivity contribution is -0.141. The lowest BCUT2D eigenvalue weighted by atomic mass is 9.97. The van der Waals surface area contributed by atoms with Crippen molar-refractivity contribution in [1.29, 1.82) is 0 Å². The highest BCUT2D eigenvalue weighted by Crippen LogP contribution is 2.36. The van der Waals surface area contributed by atoms with Crippen LogP contribution in [0, 0.1) is 5.92 Å². The molecule has 0 radical (unpaired) electrons. The van der Waals surface area contributed by atoms with E-state index in [9.17, 15) is 9.59 Å². The maximum Gasteiger partial charge on any atom is 0.410 e. The smallest absolute Gasteiger partial charge is 0.410 e. The van der Waals surface area contributed by atoms with Crippen molar-refractivity contribution in [1.82, 2.24) is 4.90 Å². The van der Waals surface area contributed by atoms with Crippen molar-refractivity contribution < 1.29 is 19.1 Å². The number of carbonyl (C=O) groups excluding carboxylic acids is 2. The molecule has 0 unspecified atom stereocenters. The molecule has 0 aromatic carbocycles. The molecule has 2 saturated heterocycles. The number of methoxy groups -OCH3 is 1. The molecule has 0 aromatic heterocycles. The molecule has 84 valence electrons. The van der Waals surface area contributed by atoms with Gasteiger partial charge in [0.25, 0.3) is 0 Å². The highest BCUT2D eigenvalue weighted by Gasteiger charge is 2.48. The van der Waals surface area contributed by atoms with Gasteiger partial charge in [0.2, 0.25) is 0 Å². The molecular weight excluding hydrogens is 266 g/mol. The number of hydrogen-bond donors (Lipinski definition) is 0. The maximum atomic E-state index is 11.3. The molecule has 0 N–H and O–H groups in total. The Labute approximate surface area is 95.8 Å². The van der Waals surface area contributed by atoms with Gasteiger partial charge in [-0.15, -0.1) is 0 Å². The molecule has 0 aromatic rings. The van der Waals surface area contributed by atoms with Crippen LogP contribution in [0.3, 0.4) is 0 Å². The summed E-state index contributed by atoms with van der Waals surface area (Å²) in [6.45, 7) is 0.980. The van der Waals surface area contributed by atoms with E-state index in [0.717, 1.165) is 0 Å². The third-order valence-corrected chi connectivity index (χ3v) is 3.94. The lowest BCUT2D eigenvalue weighted by Gasteiger charge is -2.16. The Bertz CT molecular complexity index is 296. The molecule has 0 spiro atoms. The van der Waals surface area contributed by atoms with Crippen LogP contribution in [0.5, 0.6) is 0 Å². The Kier molecular flexibility index (Phi) is 2.86. The number of hydrogen-bond acceptors (Lipinski definition) is 4. The van der Waals surface area contributed by atoms with Crippen LogP contribution in [0.15, 0.2) is 0 Å². The average Bonchev–Trinajstić information content (AvgIpc) is 2.70. The first-order valence-corrected chi connectivity index (χ1v) is 5.69. The van der Waals surface area contributed by atoms with Gasteiger partial charge in [-0.1, -0.05) is 15.9 Å². The summed E-state index contributed by atoms with van der Waals surface area (Å²) in [5, 5.41) is 0. The number of halogens is 1. The molecule has 6 heteroatoms. The molecule has 2 rings (SSSR count). The third-order valence-electron chi connectivity index (χ3n) is 2.97. The fourth-order valence-corrected chi connectivity index (χ4v) is 2.98. The second-order valence-corrected chi connectivity index (χ2v) is 4.93. The van der Waals surface area contributed by atoms with Gasteiger partial charge < -0.3 is 14.4 Å². The zero-order valence-electron chi connectivity index (χ0n) is 8.31. The standard InChI is InChI=1S/C9H12BrNO4/c1-14-8(12)2-5-6(10)3-11-7(5)4-15-9(11)13/h5-7H,2-4H2,1H3/t5-,6+,7+/m0/s1. The molecule has 2 fully saturated rings. The van der Waals surface area contributed by atoms with Crippen LogP contribution in [0.4, 0.5) is 4.79 Å². The molecule has 0 saturated carbocycles. The van der Waals surface area contributed by atoms with E-state index in [2.05, 4.69) is 20.7 Å². The molecule has 0 bridgehead atoms. The van der Waals surface area contributed by atoms with E-state index in [1.807, 2.05) is 0 Å². The number of amides is 1. The number of fused-ring (bicyclic) bond motifs is 1. The summed E-state index contributed by atoms with van der Waals surface area (Å²) in [5.74, 6) is -0.158. The van der Waals surface area contributed by atoms with E-state index >= 15 is 0 Å². The maximum absolute atomic E-state index is 11.3. The predicted molar refractivity (Wildman–Crippen MR) is 54.7 cm³/mol. The van der Waals surface area contributed by atoms with Crippen molar-refractivity contribution in [2.75, 3.05) is 20.3 Å². The van der Waals surface area contributed by atoms with Gasteiger partial charge in [-0.25, -0.2) is 4.79 Å². The Morgan fingerprint density at radius 2 is 2.47 bits per heavy atom. The highest BCUT2D eigenvalue weighted by atomic mass is 79.9. The minimum atomic E-state index is -0.281. The number of nitrogens with zero attached hydrogens (tertiary/aromatic N) is 1. The fourth-order valence-electron chi connectivity index (χ4n) is 2.13. The van der Waals surface area contributed by atoms with Gasteiger partial charge in [-0.05, 0) is 0 Å². The van der Waals surface area contributed by atoms with Crippen LogP contribution in [-0.4, -0.2) is 48.1 Å². The van der Waals surface area contributed by atoms with Crippen LogP contribution < -0.4 is 0 Å². The number of esters is 1. The van der Waals surface area contributed by atoms with Crippen molar-refractivity contribution >= 4 is 28.0 Å². The topological polar surface area (TPSA) is 55.8 Å². The van der Waals surface area contributed by atoms with Crippen molar-refractivity contribution in [3.05, 3.63) is 0 Å². The first-order valence-electron chi connectivity index (χ1n) is 4.77. The minimum absolute atomic E-state index is 0.0148. The molecule has 2 heterocycles. The van der Waals surface area contributed by atoms with Gasteiger partial charge >= 0.3 is 12.1 Å². The van der Waals surface area contributed by atoms with Crippen LogP contribution >= 0.6 is 15.9 Å². The van der Waals surface area contributed by atoms with Gasteiger partial charge in [0.1, 0.15) is 6.61 Å². The quantitative estimate of drug-likeness (QED) is 0.553. The van der Waals surface area contributed by atoms with Gasteiger partial charge in [0.15, 0.2) is 0 Å². The van der Waals surface area contributed by atoms with Gasteiger partial charge in [0, 0.05) is 17.3 Å². The third kappa shape index (κ3) is 1.82.